The molecule has 3 aromatic rings. The van der Waals surface area contributed by atoms with Gasteiger partial charge in [0.05, 0.1) is 18.7 Å². The van der Waals surface area contributed by atoms with Crippen molar-refractivity contribution < 1.29 is 13.2 Å². The van der Waals surface area contributed by atoms with E-state index in [1.807, 2.05) is 28.8 Å². The summed E-state index contributed by atoms with van der Waals surface area (Å²) in [5, 5.41) is 14.3. The highest BCUT2D eigenvalue weighted by atomic mass is 19.4. The fourth-order valence-corrected chi connectivity index (χ4v) is 2.44. The van der Waals surface area contributed by atoms with Gasteiger partial charge in [0, 0.05) is 18.8 Å². The lowest BCUT2D eigenvalue weighted by molar-refractivity contribution is -0.137. The number of pyridine rings is 1. The molecule has 0 atom stereocenters. The zero-order chi connectivity index (χ0) is 20.0. The average Bonchev–Trinajstić information content (AvgIpc) is 3.10. The Morgan fingerprint density at radius 2 is 2.00 bits per heavy atom. The van der Waals surface area contributed by atoms with Crippen molar-refractivity contribution in [2.75, 3.05) is 13.6 Å². The maximum Gasteiger partial charge on any atom is 0.416 e. The van der Waals surface area contributed by atoms with Gasteiger partial charge in [-0.05, 0) is 30.3 Å². The molecule has 0 bridgehead atoms. The van der Waals surface area contributed by atoms with Crippen LogP contribution < -0.4 is 10.6 Å². The maximum atomic E-state index is 12.7. The van der Waals surface area contributed by atoms with Crippen molar-refractivity contribution in [2.24, 2.45) is 4.99 Å². The fourth-order valence-electron chi connectivity index (χ4n) is 2.44. The van der Waals surface area contributed by atoms with Gasteiger partial charge in [-0.15, -0.1) is 10.2 Å². The van der Waals surface area contributed by atoms with Crippen molar-refractivity contribution in [2.45, 2.75) is 12.7 Å². The summed E-state index contributed by atoms with van der Waals surface area (Å²) < 4.78 is 40.0. The first-order valence-corrected chi connectivity index (χ1v) is 8.36. The van der Waals surface area contributed by atoms with Crippen LogP contribution in [0, 0.1) is 11.8 Å². The molecule has 2 heterocycles. The second-order valence-electron chi connectivity index (χ2n) is 5.70. The zero-order valence-corrected chi connectivity index (χ0v) is 15.0. The Morgan fingerprint density at radius 1 is 1.14 bits per heavy atom. The van der Waals surface area contributed by atoms with Crippen LogP contribution in [-0.2, 0) is 12.7 Å². The zero-order valence-electron chi connectivity index (χ0n) is 15.0. The van der Waals surface area contributed by atoms with Gasteiger partial charge in [0.15, 0.2) is 17.4 Å². The van der Waals surface area contributed by atoms with Crippen molar-refractivity contribution in [3.63, 3.8) is 0 Å². The number of rotatable bonds is 3. The van der Waals surface area contributed by atoms with Gasteiger partial charge in [0.1, 0.15) is 0 Å². The molecule has 0 saturated carbocycles. The van der Waals surface area contributed by atoms with Crippen LogP contribution >= 0.6 is 0 Å². The smallest absolute Gasteiger partial charge is 0.349 e. The largest absolute Gasteiger partial charge is 0.416 e. The lowest BCUT2D eigenvalue weighted by Gasteiger charge is -2.08. The third-order valence-electron chi connectivity index (χ3n) is 3.79. The van der Waals surface area contributed by atoms with Crippen LogP contribution in [0.4, 0.5) is 13.2 Å². The third kappa shape index (κ3) is 4.79. The molecule has 28 heavy (non-hydrogen) atoms. The molecule has 0 fully saturated rings. The summed E-state index contributed by atoms with van der Waals surface area (Å²) in [6.07, 6.45) is -2.52. The molecule has 0 saturated heterocycles. The van der Waals surface area contributed by atoms with E-state index in [-0.39, 0.29) is 6.54 Å². The first-order chi connectivity index (χ1) is 13.5. The summed E-state index contributed by atoms with van der Waals surface area (Å²) in [6, 6.07) is 10.5. The monoisotopic (exact) mass is 386 g/mol. The lowest BCUT2D eigenvalue weighted by Crippen LogP contribution is -2.37. The summed E-state index contributed by atoms with van der Waals surface area (Å²) >= 11 is 0. The highest BCUT2D eigenvalue weighted by molar-refractivity contribution is 5.79. The SMILES string of the molecule is CN=C(NCC#Cc1cccc(C(F)(F)F)c1)NCc1nnc2ccccn12. The minimum Gasteiger partial charge on any atom is -0.349 e. The van der Waals surface area contributed by atoms with Gasteiger partial charge in [-0.3, -0.25) is 9.39 Å². The van der Waals surface area contributed by atoms with Crippen molar-refractivity contribution in [3.8, 4) is 11.8 Å². The molecule has 0 aliphatic heterocycles. The first kappa shape index (κ1) is 19.2. The molecule has 0 spiro atoms. The predicted octanol–water partition coefficient (Wildman–Crippen LogP) is 2.46. The summed E-state index contributed by atoms with van der Waals surface area (Å²) in [5.41, 5.74) is 0.328. The van der Waals surface area contributed by atoms with Gasteiger partial charge in [0.25, 0.3) is 0 Å². The van der Waals surface area contributed by atoms with Crippen molar-refractivity contribution >= 4 is 11.6 Å². The number of alkyl halides is 3. The Kier molecular flexibility index (Phi) is 5.79. The van der Waals surface area contributed by atoms with Gasteiger partial charge in [-0.25, -0.2) is 0 Å². The van der Waals surface area contributed by atoms with E-state index in [0.29, 0.717) is 23.9 Å². The van der Waals surface area contributed by atoms with Crippen molar-refractivity contribution in [1.82, 2.24) is 25.2 Å². The molecule has 2 aromatic heterocycles. The van der Waals surface area contributed by atoms with Crippen LogP contribution in [0.1, 0.15) is 17.0 Å². The molecular weight excluding hydrogens is 369 g/mol. The van der Waals surface area contributed by atoms with E-state index in [9.17, 15) is 13.2 Å². The molecule has 0 radical (unpaired) electrons. The van der Waals surface area contributed by atoms with E-state index in [2.05, 4.69) is 37.7 Å². The number of fused-ring (bicyclic) bond motifs is 1. The fraction of sp³-hybridized carbons (Fsp3) is 0.211. The van der Waals surface area contributed by atoms with Gasteiger partial charge in [-0.2, -0.15) is 13.2 Å². The number of aromatic nitrogens is 3. The molecule has 0 unspecified atom stereocenters. The summed E-state index contributed by atoms with van der Waals surface area (Å²) in [6.45, 7) is 0.614. The van der Waals surface area contributed by atoms with Gasteiger partial charge >= 0.3 is 6.18 Å². The van der Waals surface area contributed by atoms with E-state index in [4.69, 9.17) is 0 Å². The summed E-state index contributed by atoms with van der Waals surface area (Å²) in [5.74, 6) is 6.70. The maximum absolute atomic E-state index is 12.7. The van der Waals surface area contributed by atoms with E-state index < -0.39 is 11.7 Å². The van der Waals surface area contributed by atoms with Crippen LogP contribution in [0.2, 0.25) is 0 Å². The average molecular weight is 386 g/mol. The normalized spacial score (nSPS) is 11.8. The predicted molar refractivity (Wildman–Crippen MR) is 99.5 cm³/mol. The molecule has 0 aliphatic carbocycles. The molecule has 9 heteroatoms. The highest BCUT2D eigenvalue weighted by Gasteiger charge is 2.30. The molecule has 3 rings (SSSR count). The first-order valence-electron chi connectivity index (χ1n) is 8.36. The van der Waals surface area contributed by atoms with Crippen molar-refractivity contribution in [1.29, 1.82) is 0 Å². The lowest BCUT2D eigenvalue weighted by atomic mass is 10.1. The number of hydrogen-bond donors (Lipinski definition) is 2. The van der Waals surface area contributed by atoms with Gasteiger partial charge in [-0.1, -0.05) is 24.0 Å². The molecule has 1 aromatic carbocycles. The second-order valence-corrected chi connectivity index (χ2v) is 5.70. The Hall–Kier alpha value is -3.54. The van der Waals surface area contributed by atoms with E-state index in [1.165, 1.54) is 12.1 Å². The number of guanidine groups is 1. The van der Waals surface area contributed by atoms with Crippen LogP contribution in [0.25, 0.3) is 5.65 Å². The quantitative estimate of drug-likeness (QED) is 0.412. The van der Waals surface area contributed by atoms with Crippen LogP contribution in [-0.4, -0.2) is 34.2 Å². The Bertz CT molecular complexity index is 1040. The van der Waals surface area contributed by atoms with Crippen LogP contribution in [0.3, 0.4) is 0 Å². The summed E-state index contributed by atoms with van der Waals surface area (Å²) in [7, 11) is 1.61. The number of halogens is 3. The van der Waals surface area contributed by atoms with E-state index in [0.717, 1.165) is 17.8 Å². The van der Waals surface area contributed by atoms with E-state index in [1.54, 1.807) is 7.05 Å². The molecule has 0 aliphatic rings. The second kappa shape index (κ2) is 8.43. The molecular formula is C19H17F3N6. The molecule has 6 nitrogen and oxygen atoms in total. The highest BCUT2D eigenvalue weighted by Crippen LogP contribution is 2.29. The number of benzene rings is 1. The molecule has 0 amide bonds. The third-order valence-corrected chi connectivity index (χ3v) is 3.79. The van der Waals surface area contributed by atoms with Crippen molar-refractivity contribution in [3.05, 3.63) is 65.6 Å². The Morgan fingerprint density at radius 3 is 2.79 bits per heavy atom. The standard InChI is InChI=1S/C19H17F3N6/c1-23-18(25-13-17-27-26-16-9-2-3-11-28(16)17)24-10-5-7-14-6-4-8-15(12-14)19(20,21)22/h2-4,6,8-9,11-12H,10,13H2,1H3,(H2,23,24,25). The van der Waals surface area contributed by atoms with Crippen LogP contribution in [0.5, 0.6) is 0 Å². The summed E-state index contributed by atoms with van der Waals surface area (Å²) in [4.78, 5) is 4.08. The van der Waals surface area contributed by atoms with Crippen LogP contribution in [0.15, 0.2) is 53.7 Å². The number of aliphatic imine (C=N–C) groups is 1. The topological polar surface area (TPSA) is 66.6 Å². The number of nitrogens with zero attached hydrogens (tertiary/aromatic N) is 4. The minimum absolute atomic E-state index is 0.219. The van der Waals surface area contributed by atoms with E-state index >= 15 is 0 Å². The number of nitrogens with one attached hydrogen (secondary N) is 2. The van der Waals surface area contributed by atoms with Gasteiger partial charge < -0.3 is 10.6 Å². The Balaban J connectivity index is 1.55. The Labute approximate surface area is 159 Å². The number of hydrogen-bond acceptors (Lipinski definition) is 3. The van der Waals surface area contributed by atoms with Gasteiger partial charge in [0.2, 0.25) is 0 Å². The molecule has 144 valence electrons. The minimum atomic E-state index is -4.38. The molecule has 2 N–H and O–H groups in total.